The molecule has 0 aliphatic rings. The molecule has 1 aromatic carbocycles. The number of hydrogen-bond acceptors (Lipinski definition) is 6. The molecule has 0 aliphatic heterocycles. The molecule has 0 saturated carbocycles. The second-order valence-corrected chi connectivity index (χ2v) is 5.08. The lowest BCUT2D eigenvalue weighted by atomic mass is 10.00. The average molecular weight is 317 g/mol. The van der Waals surface area contributed by atoms with Gasteiger partial charge in [-0.25, -0.2) is 9.67 Å². The Morgan fingerprint density at radius 3 is 2.61 bits per heavy atom. The summed E-state index contributed by atoms with van der Waals surface area (Å²) in [6, 6.07) is 6.80. The lowest BCUT2D eigenvalue weighted by Gasteiger charge is -2.11. The topological polar surface area (TPSA) is 83.3 Å². The van der Waals surface area contributed by atoms with Crippen LogP contribution in [0.15, 0.2) is 36.9 Å². The van der Waals surface area contributed by atoms with E-state index in [0.29, 0.717) is 17.9 Å². The SMILES string of the molecule is COc1ccc(C(=O)C[C@H](C)C(=O)OCCn2cncn2)cc1. The number of Topliss-reactive ketones (excluding diaryl/α,β-unsaturated/α-hetero) is 1. The summed E-state index contributed by atoms with van der Waals surface area (Å²) in [5.74, 6) is -0.317. The Hall–Kier alpha value is -2.70. The highest BCUT2D eigenvalue weighted by Gasteiger charge is 2.19. The molecule has 0 spiro atoms. The van der Waals surface area contributed by atoms with E-state index in [9.17, 15) is 9.59 Å². The fraction of sp³-hybridized carbons (Fsp3) is 0.375. The largest absolute Gasteiger partial charge is 0.497 e. The number of methoxy groups -OCH3 is 1. The van der Waals surface area contributed by atoms with Gasteiger partial charge in [-0.05, 0) is 24.3 Å². The van der Waals surface area contributed by atoms with Crippen LogP contribution in [-0.2, 0) is 16.1 Å². The van der Waals surface area contributed by atoms with Crippen molar-refractivity contribution in [1.29, 1.82) is 0 Å². The minimum absolute atomic E-state index is 0.103. The standard InChI is InChI=1S/C16H19N3O4/c1-12(16(21)23-8-7-19-11-17-10-18-19)9-15(20)13-3-5-14(22-2)6-4-13/h3-6,10-12H,7-9H2,1-2H3/t12-/m0/s1. The molecule has 0 saturated heterocycles. The molecule has 0 N–H and O–H groups in total. The molecule has 7 nitrogen and oxygen atoms in total. The number of esters is 1. The molecule has 0 radical (unpaired) electrons. The Kier molecular flexibility index (Phi) is 5.85. The molecular weight excluding hydrogens is 298 g/mol. The number of ketones is 1. The van der Waals surface area contributed by atoms with Crippen LogP contribution < -0.4 is 4.74 Å². The van der Waals surface area contributed by atoms with Crippen molar-refractivity contribution in [3.05, 3.63) is 42.5 Å². The Bertz CT molecular complexity index is 638. The second kappa shape index (κ2) is 8.07. The van der Waals surface area contributed by atoms with E-state index in [4.69, 9.17) is 9.47 Å². The molecule has 0 aliphatic carbocycles. The first-order valence-corrected chi connectivity index (χ1v) is 7.26. The fourth-order valence-corrected chi connectivity index (χ4v) is 1.99. The summed E-state index contributed by atoms with van der Waals surface area (Å²) in [7, 11) is 1.56. The maximum Gasteiger partial charge on any atom is 0.309 e. The van der Waals surface area contributed by atoms with Crippen molar-refractivity contribution in [2.45, 2.75) is 19.9 Å². The number of nitrogens with zero attached hydrogens (tertiary/aromatic N) is 3. The van der Waals surface area contributed by atoms with Gasteiger partial charge in [-0.15, -0.1) is 0 Å². The van der Waals surface area contributed by atoms with E-state index < -0.39 is 11.9 Å². The Morgan fingerprint density at radius 1 is 1.26 bits per heavy atom. The van der Waals surface area contributed by atoms with Gasteiger partial charge in [0, 0.05) is 12.0 Å². The van der Waals surface area contributed by atoms with Crippen LogP contribution in [0.5, 0.6) is 5.75 Å². The zero-order chi connectivity index (χ0) is 16.7. The van der Waals surface area contributed by atoms with Crippen LogP contribution in [0, 0.1) is 5.92 Å². The predicted molar refractivity (Wildman–Crippen MR) is 82.1 cm³/mol. The predicted octanol–water partition coefficient (Wildman–Crippen LogP) is 1.74. The summed E-state index contributed by atoms with van der Waals surface area (Å²) >= 11 is 0. The number of carbonyl (C=O) groups excluding carboxylic acids is 2. The van der Waals surface area contributed by atoms with E-state index in [1.807, 2.05) is 0 Å². The van der Waals surface area contributed by atoms with E-state index in [-0.39, 0.29) is 18.8 Å². The van der Waals surface area contributed by atoms with Gasteiger partial charge in [0.2, 0.25) is 0 Å². The number of aromatic nitrogens is 3. The highest BCUT2D eigenvalue weighted by molar-refractivity contribution is 5.98. The minimum atomic E-state index is -0.500. The lowest BCUT2D eigenvalue weighted by molar-refractivity contribution is -0.148. The highest BCUT2D eigenvalue weighted by Crippen LogP contribution is 2.15. The molecule has 1 heterocycles. The van der Waals surface area contributed by atoms with Gasteiger partial charge in [-0.2, -0.15) is 5.10 Å². The first kappa shape index (κ1) is 16.7. The molecule has 2 aromatic rings. The van der Waals surface area contributed by atoms with Gasteiger partial charge in [-0.3, -0.25) is 9.59 Å². The number of hydrogen-bond donors (Lipinski definition) is 0. The Labute approximate surface area is 134 Å². The summed E-state index contributed by atoms with van der Waals surface area (Å²) in [6.07, 6.45) is 3.07. The van der Waals surface area contributed by atoms with Crippen molar-refractivity contribution in [3.63, 3.8) is 0 Å². The number of benzene rings is 1. The zero-order valence-corrected chi connectivity index (χ0v) is 13.1. The van der Waals surface area contributed by atoms with Gasteiger partial charge >= 0.3 is 5.97 Å². The van der Waals surface area contributed by atoms with Gasteiger partial charge in [-0.1, -0.05) is 6.92 Å². The summed E-state index contributed by atoms with van der Waals surface area (Å²) in [5, 5.41) is 3.91. The van der Waals surface area contributed by atoms with Crippen molar-refractivity contribution in [1.82, 2.24) is 14.8 Å². The zero-order valence-electron chi connectivity index (χ0n) is 13.1. The Morgan fingerprint density at radius 2 is 2.00 bits per heavy atom. The van der Waals surface area contributed by atoms with Crippen LogP contribution in [0.25, 0.3) is 0 Å². The van der Waals surface area contributed by atoms with Crippen LogP contribution in [0.4, 0.5) is 0 Å². The quantitative estimate of drug-likeness (QED) is 0.545. The maximum atomic E-state index is 12.1. The molecule has 1 aromatic heterocycles. The molecule has 0 amide bonds. The minimum Gasteiger partial charge on any atom is -0.497 e. The van der Waals surface area contributed by atoms with Gasteiger partial charge in [0.15, 0.2) is 5.78 Å². The van der Waals surface area contributed by atoms with Crippen LogP contribution in [0.1, 0.15) is 23.7 Å². The molecule has 0 fully saturated rings. The normalized spacial score (nSPS) is 11.7. The number of carbonyl (C=O) groups is 2. The monoisotopic (exact) mass is 317 g/mol. The molecule has 7 heteroatoms. The summed E-state index contributed by atoms with van der Waals surface area (Å²) in [4.78, 5) is 27.8. The molecule has 23 heavy (non-hydrogen) atoms. The van der Waals surface area contributed by atoms with E-state index in [1.54, 1.807) is 49.3 Å². The second-order valence-electron chi connectivity index (χ2n) is 5.08. The van der Waals surface area contributed by atoms with Crippen LogP contribution in [0.3, 0.4) is 0 Å². The Balaban J connectivity index is 1.78. The number of ether oxygens (including phenoxy) is 2. The first-order chi connectivity index (χ1) is 11.1. The molecule has 0 unspecified atom stereocenters. The van der Waals surface area contributed by atoms with E-state index >= 15 is 0 Å². The lowest BCUT2D eigenvalue weighted by Crippen LogP contribution is -2.20. The van der Waals surface area contributed by atoms with E-state index in [1.165, 1.54) is 6.33 Å². The average Bonchev–Trinajstić information content (AvgIpc) is 3.08. The van der Waals surface area contributed by atoms with Crippen molar-refractivity contribution in [2.75, 3.05) is 13.7 Å². The van der Waals surface area contributed by atoms with Gasteiger partial charge in [0.05, 0.1) is 19.6 Å². The van der Waals surface area contributed by atoms with E-state index in [0.717, 1.165) is 0 Å². The molecule has 2 rings (SSSR count). The number of rotatable bonds is 8. The van der Waals surface area contributed by atoms with Crippen LogP contribution >= 0.6 is 0 Å². The van der Waals surface area contributed by atoms with Crippen LogP contribution in [-0.4, -0.2) is 40.2 Å². The molecule has 0 bridgehead atoms. The third-order valence-corrected chi connectivity index (χ3v) is 3.34. The smallest absolute Gasteiger partial charge is 0.309 e. The van der Waals surface area contributed by atoms with Crippen molar-refractivity contribution in [2.24, 2.45) is 5.92 Å². The van der Waals surface area contributed by atoms with Crippen LogP contribution in [0.2, 0.25) is 0 Å². The summed E-state index contributed by atoms with van der Waals surface area (Å²) < 4.78 is 11.8. The van der Waals surface area contributed by atoms with Crippen molar-refractivity contribution in [3.8, 4) is 5.75 Å². The molecular formula is C16H19N3O4. The maximum absolute atomic E-state index is 12.1. The highest BCUT2D eigenvalue weighted by atomic mass is 16.5. The summed E-state index contributed by atoms with van der Waals surface area (Å²) in [5.41, 5.74) is 0.549. The third-order valence-electron chi connectivity index (χ3n) is 3.34. The fourth-order valence-electron chi connectivity index (χ4n) is 1.99. The molecule has 1 atom stereocenters. The van der Waals surface area contributed by atoms with Gasteiger partial charge in [0.1, 0.15) is 25.0 Å². The molecule has 122 valence electrons. The first-order valence-electron chi connectivity index (χ1n) is 7.26. The van der Waals surface area contributed by atoms with Gasteiger partial charge in [0.25, 0.3) is 0 Å². The van der Waals surface area contributed by atoms with Gasteiger partial charge < -0.3 is 9.47 Å². The van der Waals surface area contributed by atoms with Crippen molar-refractivity contribution >= 4 is 11.8 Å². The van der Waals surface area contributed by atoms with E-state index in [2.05, 4.69) is 10.1 Å². The summed E-state index contributed by atoms with van der Waals surface area (Å²) in [6.45, 7) is 2.31. The third kappa shape index (κ3) is 4.91. The van der Waals surface area contributed by atoms with Crippen molar-refractivity contribution < 1.29 is 19.1 Å².